The first-order chi connectivity index (χ1) is 9.40. The van der Waals surface area contributed by atoms with Gasteiger partial charge in [-0.3, -0.25) is 0 Å². The van der Waals surface area contributed by atoms with E-state index in [0.717, 1.165) is 4.31 Å². The summed E-state index contributed by atoms with van der Waals surface area (Å²) in [6.45, 7) is -0.298. The summed E-state index contributed by atoms with van der Waals surface area (Å²) in [5.74, 6) is 0.561. The van der Waals surface area contributed by atoms with E-state index >= 15 is 0 Å². The Morgan fingerprint density at radius 2 is 1.75 bits per heavy atom. The van der Waals surface area contributed by atoms with Gasteiger partial charge in [-0.05, 0) is 12.1 Å². The molecule has 7 nitrogen and oxygen atoms in total. The quantitative estimate of drug-likeness (QED) is 0.773. The zero-order valence-corrected chi connectivity index (χ0v) is 12.0. The molecule has 0 spiro atoms. The number of methoxy groups -OCH3 is 2. The molecule has 0 amide bonds. The molecule has 0 radical (unpaired) electrons. The number of ether oxygens (including phenoxy) is 2. The van der Waals surface area contributed by atoms with E-state index in [2.05, 4.69) is 0 Å². The van der Waals surface area contributed by atoms with Crippen molar-refractivity contribution in [1.82, 2.24) is 4.31 Å². The van der Waals surface area contributed by atoms with Gasteiger partial charge in [0.25, 0.3) is 0 Å². The number of aliphatic hydroxyl groups excluding tert-OH is 2. The first-order valence-electron chi connectivity index (χ1n) is 5.98. The Balaban J connectivity index is 2.43. The number of rotatable bonds is 4. The molecule has 1 heterocycles. The largest absolute Gasteiger partial charge is 0.497 e. The van der Waals surface area contributed by atoms with Gasteiger partial charge in [0.1, 0.15) is 16.4 Å². The molecule has 112 valence electrons. The van der Waals surface area contributed by atoms with Gasteiger partial charge in [0.05, 0.1) is 26.4 Å². The van der Waals surface area contributed by atoms with Crippen molar-refractivity contribution in [2.24, 2.45) is 0 Å². The molecule has 0 aromatic heterocycles. The average molecular weight is 303 g/mol. The average Bonchev–Trinajstić information content (AvgIpc) is 2.78. The van der Waals surface area contributed by atoms with Gasteiger partial charge in [-0.1, -0.05) is 0 Å². The minimum absolute atomic E-state index is 0.0550. The van der Waals surface area contributed by atoms with Crippen molar-refractivity contribution >= 4 is 10.0 Å². The molecule has 1 aromatic rings. The van der Waals surface area contributed by atoms with Crippen LogP contribution < -0.4 is 9.47 Å². The molecule has 8 heteroatoms. The highest BCUT2D eigenvalue weighted by Gasteiger charge is 2.38. The van der Waals surface area contributed by atoms with E-state index in [0.29, 0.717) is 5.75 Å². The van der Waals surface area contributed by atoms with E-state index in [1.807, 2.05) is 0 Å². The zero-order chi connectivity index (χ0) is 14.9. The number of β-amino-alcohol motifs (C(OH)–C–C–N with tert-alkyl or cyclic N) is 2. The number of sulfonamides is 1. The van der Waals surface area contributed by atoms with E-state index in [1.54, 1.807) is 6.07 Å². The Hall–Kier alpha value is -1.35. The van der Waals surface area contributed by atoms with Crippen molar-refractivity contribution in [3.05, 3.63) is 18.2 Å². The summed E-state index contributed by atoms with van der Waals surface area (Å²) in [5.41, 5.74) is 0. The molecule has 20 heavy (non-hydrogen) atoms. The predicted molar refractivity (Wildman–Crippen MR) is 70.3 cm³/mol. The van der Waals surface area contributed by atoms with Gasteiger partial charge in [-0.15, -0.1) is 0 Å². The molecule has 2 rings (SSSR count). The second-order valence-corrected chi connectivity index (χ2v) is 6.38. The SMILES string of the molecule is COc1ccc(OC)c(S(=O)(=O)N2C[C@@H](O)[C@@H](O)C2)c1. The highest BCUT2D eigenvalue weighted by atomic mass is 32.2. The maximum absolute atomic E-state index is 12.5. The van der Waals surface area contributed by atoms with Crippen LogP contribution in [0.5, 0.6) is 11.5 Å². The van der Waals surface area contributed by atoms with Crippen LogP contribution in [0.25, 0.3) is 0 Å². The van der Waals surface area contributed by atoms with Crippen LogP contribution in [0.2, 0.25) is 0 Å². The van der Waals surface area contributed by atoms with Gasteiger partial charge in [0.2, 0.25) is 10.0 Å². The fourth-order valence-corrected chi connectivity index (χ4v) is 3.70. The number of benzene rings is 1. The molecule has 1 fully saturated rings. The minimum Gasteiger partial charge on any atom is -0.497 e. The first kappa shape index (κ1) is 15.0. The monoisotopic (exact) mass is 303 g/mol. The lowest BCUT2D eigenvalue weighted by molar-refractivity contribution is 0.0572. The molecule has 0 aliphatic carbocycles. The summed E-state index contributed by atoms with van der Waals surface area (Å²) >= 11 is 0. The fourth-order valence-electron chi connectivity index (χ4n) is 2.06. The Labute approximate surface area is 117 Å². The molecule has 0 unspecified atom stereocenters. The third-order valence-electron chi connectivity index (χ3n) is 3.21. The van der Waals surface area contributed by atoms with Gasteiger partial charge < -0.3 is 19.7 Å². The second-order valence-electron chi connectivity index (χ2n) is 4.47. The lowest BCUT2D eigenvalue weighted by atomic mass is 10.3. The molecular formula is C12H17NO6S. The van der Waals surface area contributed by atoms with Crippen molar-refractivity contribution in [3.8, 4) is 11.5 Å². The topological polar surface area (TPSA) is 96.3 Å². The van der Waals surface area contributed by atoms with Gasteiger partial charge in [0.15, 0.2) is 0 Å². The lowest BCUT2D eigenvalue weighted by Gasteiger charge is -2.18. The molecular weight excluding hydrogens is 286 g/mol. The second kappa shape index (κ2) is 5.57. The smallest absolute Gasteiger partial charge is 0.247 e. The van der Waals surface area contributed by atoms with Crippen molar-refractivity contribution in [3.63, 3.8) is 0 Å². The van der Waals surface area contributed by atoms with E-state index in [-0.39, 0.29) is 23.7 Å². The third kappa shape index (κ3) is 2.59. The first-order valence-corrected chi connectivity index (χ1v) is 7.42. The standard InChI is InChI=1S/C12H17NO6S/c1-18-8-3-4-11(19-2)12(5-8)20(16,17)13-6-9(14)10(15)7-13/h3-5,9-10,14-15H,6-7H2,1-2H3/t9-,10+. The van der Waals surface area contributed by atoms with Crippen LogP contribution in [-0.2, 0) is 10.0 Å². The van der Waals surface area contributed by atoms with Crippen molar-refractivity contribution in [2.75, 3.05) is 27.3 Å². The summed E-state index contributed by atoms with van der Waals surface area (Å²) in [5, 5.41) is 19.0. The third-order valence-corrected chi connectivity index (χ3v) is 5.07. The number of hydrogen-bond donors (Lipinski definition) is 2. The van der Waals surface area contributed by atoms with E-state index in [1.165, 1.54) is 26.4 Å². The Kier molecular flexibility index (Phi) is 4.19. The Morgan fingerprint density at radius 3 is 2.25 bits per heavy atom. The van der Waals surface area contributed by atoms with Crippen LogP contribution in [0, 0.1) is 0 Å². The highest BCUT2D eigenvalue weighted by molar-refractivity contribution is 7.89. The maximum atomic E-state index is 12.5. The Bertz CT molecular complexity index is 578. The number of hydrogen-bond acceptors (Lipinski definition) is 6. The number of nitrogens with zero attached hydrogens (tertiary/aromatic N) is 1. The minimum atomic E-state index is -3.87. The van der Waals surface area contributed by atoms with Crippen LogP contribution in [0.3, 0.4) is 0 Å². The summed E-state index contributed by atoms with van der Waals surface area (Å²) in [6.07, 6.45) is -2.16. The summed E-state index contributed by atoms with van der Waals surface area (Å²) in [6, 6.07) is 4.44. The molecule has 1 aromatic carbocycles. The van der Waals surface area contributed by atoms with Crippen LogP contribution in [-0.4, -0.2) is 62.5 Å². The van der Waals surface area contributed by atoms with E-state index < -0.39 is 22.2 Å². The molecule has 1 aliphatic rings. The van der Waals surface area contributed by atoms with Crippen LogP contribution in [0.4, 0.5) is 0 Å². The van der Waals surface area contributed by atoms with Crippen molar-refractivity contribution in [1.29, 1.82) is 0 Å². The van der Waals surface area contributed by atoms with Gasteiger partial charge in [-0.2, -0.15) is 4.31 Å². The fraction of sp³-hybridized carbons (Fsp3) is 0.500. The maximum Gasteiger partial charge on any atom is 0.247 e. The van der Waals surface area contributed by atoms with E-state index in [4.69, 9.17) is 9.47 Å². The molecule has 2 N–H and O–H groups in total. The lowest BCUT2D eigenvalue weighted by Crippen LogP contribution is -2.30. The zero-order valence-electron chi connectivity index (χ0n) is 11.2. The number of aliphatic hydroxyl groups is 2. The molecule has 0 saturated carbocycles. The molecule has 1 aliphatic heterocycles. The summed E-state index contributed by atoms with van der Waals surface area (Å²) in [4.78, 5) is -0.0550. The van der Waals surface area contributed by atoms with Crippen molar-refractivity contribution in [2.45, 2.75) is 17.1 Å². The van der Waals surface area contributed by atoms with Gasteiger partial charge in [0, 0.05) is 19.2 Å². The molecule has 1 saturated heterocycles. The van der Waals surface area contributed by atoms with Crippen LogP contribution >= 0.6 is 0 Å². The summed E-state index contributed by atoms with van der Waals surface area (Å²) in [7, 11) is -1.07. The normalized spacial score (nSPS) is 23.8. The summed E-state index contributed by atoms with van der Waals surface area (Å²) < 4.78 is 36.2. The van der Waals surface area contributed by atoms with Gasteiger partial charge >= 0.3 is 0 Å². The molecule has 0 bridgehead atoms. The van der Waals surface area contributed by atoms with Gasteiger partial charge in [-0.25, -0.2) is 8.42 Å². The Morgan fingerprint density at radius 1 is 1.15 bits per heavy atom. The highest BCUT2D eigenvalue weighted by Crippen LogP contribution is 2.32. The molecule has 2 atom stereocenters. The van der Waals surface area contributed by atoms with E-state index in [9.17, 15) is 18.6 Å². The van der Waals surface area contributed by atoms with Crippen LogP contribution in [0.1, 0.15) is 0 Å². The van der Waals surface area contributed by atoms with Crippen molar-refractivity contribution < 1.29 is 28.1 Å². The van der Waals surface area contributed by atoms with Crippen LogP contribution in [0.15, 0.2) is 23.1 Å². The predicted octanol–water partition coefficient (Wildman–Crippen LogP) is -0.570.